The Hall–Kier alpha value is -2.71. The van der Waals surface area contributed by atoms with Crippen molar-refractivity contribution in [3.8, 4) is 0 Å². The molecule has 0 saturated carbocycles. The van der Waals surface area contributed by atoms with Gasteiger partial charge in [-0.15, -0.1) is 0 Å². The van der Waals surface area contributed by atoms with Gasteiger partial charge in [-0.3, -0.25) is 14.2 Å². The molecule has 1 amide bonds. The Morgan fingerprint density at radius 2 is 1.93 bits per heavy atom. The van der Waals surface area contributed by atoms with E-state index < -0.39 is 17.6 Å². The quantitative estimate of drug-likeness (QED) is 0.734. The van der Waals surface area contributed by atoms with E-state index in [-0.39, 0.29) is 29.3 Å². The van der Waals surface area contributed by atoms with E-state index in [2.05, 4.69) is 10.1 Å². The van der Waals surface area contributed by atoms with Crippen molar-refractivity contribution in [2.24, 2.45) is 0 Å². The van der Waals surface area contributed by atoms with E-state index >= 15 is 0 Å². The maximum Gasteiger partial charge on any atom is 0.361 e. The van der Waals surface area contributed by atoms with E-state index in [1.165, 1.54) is 10.9 Å². The second-order valence-corrected chi connectivity index (χ2v) is 6.55. The number of carbonyl (C=O) groups excluding carboxylic acids is 2. The lowest BCUT2D eigenvalue weighted by atomic mass is 10.1. The fourth-order valence-electron chi connectivity index (χ4n) is 3.41. The van der Waals surface area contributed by atoms with Gasteiger partial charge in [-0.05, 0) is 26.2 Å². The van der Waals surface area contributed by atoms with Crippen molar-refractivity contribution in [3.05, 3.63) is 22.4 Å². The summed E-state index contributed by atoms with van der Waals surface area (Å²) >= 11 is 0. The number of carbonyl (C=O) groups is 2. The number of rotatable bonds is 5. The molecule has 9 nitrogen and oxygen atoms in total. The minimum absolute atomic E-state index is 0.0450. The summed E-state index contributed by atoms with van der Waals surface area (Å²) in [6.07, 6.45) is 5.87. The summed E-state index contributed by atoms with van der Waals surface area (Å²) in [5, 5.41) is 3.57. The SMILES string of the molecule is CCOC(=O)c1noc2ncn([C@H](CC)C(=O)N3CCCCCC3)c(=O)c12. The zero-order chi connectivity index (χ0) is 19.4. The molecule has 1 fully saturated rings. The number of esters is 1. The Labute approximate surface area is 156 Å². The summed E-state index contributed by atoms with van der Waals surface area (Å²) in [7, 11) is 0. The molecule has 9 heteroatoms. The van der Waals surface area contributed by atoms with Gasteiger partial charge in [0.2, 0.25) is 11.6 Å². The molecule has 1 aliphatic rings. The number of likely N-dealkylation sites (tertiary alicyclic amines) is 1. The van der Waals surface area contributed by atoms with Crippen LogP contribution in [0.1, 0.15) is 62.5 Å². The van der Waals surface area contributed by atoms with Crippen molar-refractivity contribution < 1.29 is 18.8 Å². The summed E-state index contributed by atoms with van der Waals surface area (Å²) < 4.78 is 11.2. The maximum absolute atomic E-state index is 13.0. The van der Waals surface area contributed by atoms with Gasteiger partial charge in [-0.1, -0.05) is 24.9 Å². The van der Waals surface area contributed by atoms with E-state index in [1.807, 2.05) is 11.8 Å². The maximum atomic E-state index is 13.0. The number of aromatic nitrogens is 3. The monoisotopic (exact) mass is 376 g/mol. The predicted molar refractivity (Wildman–Crippen MR) is 96.4 cm³/mol. The highest BCUT2D eigenvalue weighted by molar-refractivity contribution is 5.99. The van der Waals surface area contributed by atoms with Crippen molar-refractivity contribution in [1.82, 2.24) is 19.6 Å². The molecular weight excluding hydrogens is 352 g/mol. The Morgan fingerprint density at radius 3 is 2.56 bits per heavy atom. The molecule has 0 aliphatic carbocycles. The first-order valence-corrected chi connectivity index (χ1v) is 9.40. The van der Waals surface area contributed by atoms with Gasteiger partial charge in [0, 0.05) is 13.1 Å². The molecule has 146 valence electrons. The fraction of sp³-hybridized carbons (Fsp3) is 0.611. The van der Waals surface area contributed by atoms with Crippen LogP contribution in [0.2, 0.25) is 0 Å². The van der Waals surface area contributed by atoms with Gasteiger partial charge in [-0.25, -0.2) is 9.78 Å². The third kappa shape index (κ3) is 3.72. The molecule has 2 aromatic rings. The van der Waals surface area contributed by atoms with Gasteiger partial charge < -0.3 is 14.2 Å². The largest absolute Gasteiger partial charge is 0.461 e. The van der Waals surface area contributed by atoms with Gasteiger partial charge in [0.25, 0.3) is 11.3 Å². The minimum Gasteiger partial charge on any atom is -0.461 e. The molecule has 1 aliphatic heterocycles. The Kier molecular flexibility index (Phi) is 5.88. The third-order valence-electron chi connectivity index (χ3n) is 4.82. The summed E-state index contributed by atoms with van der Waals surface area (Å²) in [5.74, 6) is -0.850. The number of hydrogen-bond donors (Lipinski definition) is 0. The molecule has 3 heterocycles. The van der Waals surface area contributed by atoms with Crippen LogP contribution in [0.4, 0.5) is 0 Å². The van der Waals surface area contributed by atoms with E-state index in [1.54, 1.807) is 6.92 Å². The molecule has 0 aromatic carbocycles. The molecule has 0 N–H and O–H groups in total. The molecule has 27 heavy (non-hydrogen) atoms. The van der Waals surface area contributed by atoms with Crippen LogP contribution in [0.3, 0.4) is 0 Å². The van der Waals surface area contributed by atoms with E-state index in [4.69, 9.17) is 9.26 Å². The van der Waals surface area contributed by atoms with Gasteiger partial charge >= 0.3 is 5.97 Å². The Morgan fingerprint density at radius 1 is 1.22 bits per heavy atom. The molecule has 3 rings (SSSR count). The topological polar surface area (TPSA) is 108 Å². The van der Waals surface area contributed by atoms with Gasteiger partial charge in [0.15, 0.2) is 0 Å². The average Bonchev–Trinajstić information content (AvgIpc) is 2.91. The molecule has 0 bridgehead atoms. The van der Waals surface area contributed by atoms with E-state index in [0.29, 0.717) is 19.5 Å². The zero-order valence-electron chi connectivity index (χ0n) is 15.6. The van der Waals surface area contributed by atoms with Crippen molar-refractivity contribution in [2.75, 3.05) is 19.7 Å². The van der Waals surface area contributed by atoms with Crippen LogP contribution < -0.4 is 5.56 Å². The summed E-state index contributed by atoms with van der Waals surface area (Å²) in [4.78, 5) is 44.0. The van der Waals surface area contributed by atoms with Crippen LogP contribution in [-0.2, 0) is 9.53 Å². The Bertz CT molecular complexity index is 879. The highest BCUT2D eigenvalue weighted by Crippen LogP contribution is 2.19. The Balaban J connectivity index is 2.00. The zero-order valence-corrected chi connectivity index (χ0v) is 15.6. The first kappa shape index (κ1) is 19.1. The van der Waals surface area contributed by atoms with Crippen molar-refractivity contribution in [1.29, 1.82) is 0 Å². The number of amides is 1. The smallest absolute Gasteiger partial charge is 0.361 e. The van der Waals surface area contributed by atoms with Crippen molar-refractivity contribution in [2.45, 2.75) is 52.0 Å². The van der Waals surface area contributed by atoms with E-state index in [9.17, 15) is 14.4 Å². The van der Waals surface area contributed by atoms with Gasteiger partial charge in [-0.2, -0.15) is 0 Å². The summed E-state index contributed by atoms with van der Waals surface area (Å²) in [6.45, 7) is 5.04. The molecule has 0 spiro atoms. The minimum atomic E-state index is -0.750. The van der Waals surface area contributed by atoms with Crippen LogP contribution in [0.25, 0.3) is 11.1 Å². The molecule has 1 saturated heterocycles. The average molecular weight is 376 g/mol. The van der Waals surface area contributed by atoms with Crippen LogP contribution in [0, 0.1) is 0 Å². The molecule has 0 unspecified atom stereocenters. The second-order valence-electron chi connectivity index (χ2n) is 6.55. The van der Waals surface area contributed by atoms with E-state index in [0.717, 1.165) is 25.7 Å². The molecular formula is C18H24N4O5. The predicted octanol–water partition coefficient (Wildman–Crippen LogP) is 1.91. The normalized spacial score (nSPS) is 16.1. The van der Waals surface area contributed by atoms with Crippen LogP contribution in [-0.4, -0.2) is 51.2 Å². The standard InChI is InChI=1S/C18H24N4O5/c1-3-12(16(23)21-9-7-5-6-8-10-21)22-11-19-15-13(17(22)24)14(20-27-15)18(25)26-4-2/h11-12H,3-10H2,1-2H3/t12-/m1/s1. The van der Waals surface area contributed by atoms with Crippen LogP contribution >= 0.6 is 0 Å². The van der Waals surface area contributed by atoms with Crippen LogP contribution in [0.15, 0.2) is 15.6 Å². The molecule has 0 radical (unpaired) electrons. The summed E-state index contributed by atoms with van der Waals surface area (Å²) in [6, 6.07) is -0.683. The number of ether oxygens (including phenoxy) is 1. The van der Waals surface area contributed by atoms with Crippen molar-refractivity contribution in [3.63, 3.8) is 0 Å². The number of hydrogen-bond acceptors (Lipinski definition) is 7. The van der Waals surface area contributed by atoms with Gasteiger partial charge in [0.05, 0.1) is 6.61 Å². The first-order valence-electron chi connectivity index (χ1n) is 9.40. The lowest BCUT2D eigenvalue weighted by Crippen LogP contribution is -2.41. The van der Waals surface area contributed by atoms with Crippen LogP contribution in [0.5, 0.6) is 0 Å². The highest BCUT2D eigenvalue weighted by atomic mass is 16.5. The lowest BCUT2D eigenvalue weighted by molar-refractivity contribution is -0.135. The molecule has 2 aromatic heterocycles. The second kappa shape index (κ2) is 8.32. The first-order chi connectivity index (χ1) is 13.1. The highest BCUT2D eigenvalue weighted by Gasteiger charge is 2.29. The number of fused-ring (bicyclic) bond motifs is 1. The van der Waals surface area contributed by atoms with Crippen molar-refractivity contribution >= 4 is 23.0 Å². The fourth-order valence-corrected chi connectivity index (χ4v) is 3.41. The lowest BCUT2D eigenvalue weighted by Gasteiger charge is -2.26. The third-order valence-corrected chi connectivity index (χ3v) is 4.82. The summed E-state index contributed by atoms with van der Waals surface area (Å²) in [5.41, 5.74) is -0.786. The van der Waals surface area contributed by atoms with Gasteiger partial charge in [0.1, 0.15) is 17.8 Å². The molecule has 1 atom stereocenters. The number of nitrogens with zero attached hydrogens (tertiary/aromatic N) is 4.